The van der Waals surface area contributed by atoms with Gasteiger partial charge in [-0.1, -0.05) is 11.8 Å². The molecule has 1 rings (SSSR count). The molecule has 17 heavy (non-hydrogen) atoms. The monoisotopic (exact) mass is 236 g/mol. The number of carbonyl (C=O) groups excluding carboxylic acids is 1. The zero-order valence-corrected chi connectivity index (χ0v) is 8.99. The largest absolute Gasteiger partial charge is 0.478 e. The second kappa shape index (κ2) is 5.66. The second-order valence-corrected chi connectivity index (χ2v) is 3.05. The van der Waals surface area contributed by atoms with E-state index in [4.69, 9.17) is 5.11 Å². The van der Waals surface area contributed by atoms with Crippen molar-refractivity contribution >= 4 is 11.9 Å². The third-order valence-electron chi connectivity index (χ3n) is 1.89. The van der Waals surface area contributed by atoms with Crippen LogP contribution in [-0.4, -0.2) is 24.2 Å². The maximum Gasteiger partial charge on any atom is 0.338 e. The summed E-state index contributed by atoms with van der Waals surface area (Å²) in [5, 5.41) is 8.60. The molecular weight excluding hydrogens is 227 g/mol. The van der Waals surface area contributed by atoms with Gasteiger partial charge in [0, 0.05) is 5.56 Å². The van der Waals surface area contributed by atoms with E-state index in [1.165, 1.54) is 13.2 Å². The smallest absolute Gasteiger partial charge is 0.338 e. The van der Waals surface area contributed by atoms with Crippen molar-refractivity contribution in [3.8, 4) is 11.8 Å². The van der Waals surface area contributed by atoms with Gasteiger partial charge < -0.3 is 9.84 Å². The number of hydrogen-bond donors (Lipinski definition) is 1. The van der Waals surface area contributed by atoms with Crippen LogP contribution in [0.15, 0.2) is 18.2 Å². The Kier molecular flexibility index (Phi) is 4.23. The van der Waals surface area contributed by atoms with E-state index in [2.05, 4.69) is 16.6 Å². The van der Waals surface area contributed by atoms with Gasteiger partial charge in [0.1, 0.15) is 12.2 Å². The molecule has 0 heterocycles. The highest BCUT2D eigenvalue weighted by Crippen LogP contribution is 2.09. The van der Waals surface area contributed by atoms with Crippen molar-refractivity contribution in [1.29, 1.82) is 0 Å². The van der Waals surface area contributed by atoms with Crippen LogP contribution in [-0.2, 0) is 9.53 Å². The molecule has 88 valence electrons. The van der Waals surface area contributed by atoms with E-state index in [9.17, 15) is 14.0 Å². The Morgan fingerprint density at radius 3 is 2.71 bits per heavy atom. The third-order valence-corrected chi connectivity index (χ3v) is 1.89. The van der Waals surface area contributed by atoms with Crippen molar-refractivity contribution in [2.75, 3.05) is 7.11 Å². The zero-order valence-electron chi connectivity index (χ0n) is 8.99. The SMILES string of the molecule is COC(=O)CC#Cc1ccc(C(=O)O)c(F)c1. The van der Waals surface area contributed by atoms with Crippen LogP contribution < -0.4 is 0 Å². The first-order valence-electron chi connectivity index (χ1n) is 4.63. The number of carbonyl (C=O) groups is 2. The van der Waals surface area contributed by atoms with E-state index in [1.54, 1.807) is 0 Å². The topological polar surface area (TPSA) is 63.6 Å². The molecular formula is C12H9FO4. The van der Waals surface area contributed by atoms with Crippen LogP contribution >= 0.6 is 0 Å². The minimum Gasteiger partial charge on any atom is -0.478 e. The van der Waals surface area contributed by atoms with Crippen LogP contribution in [0.2, 0.25) is 0 Å². The van der Waals surface area contributed by atoms with Gasteiger partial charge in [0.05, 0.1) is 12.7 Å². The standard InChI is InChI=1S/C12H9FO4/c1-17-11(14)4-2-3-8-5-6-9(12(15)16)10(13)7-8/h5-7H,4H2,1H3,(H,15,16). The quantitative estimate of drug-likeness (QED) is 0.623. The molecule has 0 saturated carbocycles. The summed E-state index contributed by atoms with van der Waals surface area (Å²) in [5.41, 5.74) is -0.111. The number of methoxy groups -OCH3 is 1. The van der Waals surface area contributed by atoms with Crippen LogP contribution in [0.1, 0.15) is 22.3 Å². The van der Waals surface area contributed by atoms with E-state index < -0.39 is 23.3 Å². The molecule has 0 amide bonds. The number of rotatable bonds is 2. The summed E-state index contributed by atoms with van der Waals surface area (Å²) >= 11 is 0. The van der Waals surface area contributed by atoms with Crippen molar-refractivity contribution in [2.24, 2.45) is 0 Å². The van der Waals surface area contributed by atoms with Crippen molar-refractivity contribution in [2.45, 2.75) is 6.42 Å². The second-order valence-electron chi connectivity index (χ2n) is 3.05. The number of hydrogen-bond acceptors (Lipinski definition) is 3. The molecule has 5 heteroatoms. The van der Waals surface area contributed by atoms with Gasteiger partial charge in [-0.2, -0.15) is 0 Å². The molecule has 0 saturated heterocycles. The van der Waals surface area contributed by atoms with Crippen LogP contribution in [0, 0.1) is 17.7 Å². The van der Waals surface area contributed by atoms with Crippen LogP contribution in [0.25, 0.3) is 0 Å². The van der Waals surface area contributed by atoms with Gasteiger partial charge >= 0.3 is 11.9 Å². The fourth-order valence-corrected chi connectivity index (χ4v) is 1.06. The van der Waals surface area contributed by atoms with Crippen molar-refractivity contribution < 1.29 is 23.8 Å². The number of carboxylic acids is 1. The number of ether oxygens (including phenoxy) is 1. The van der Waals surface area contributed by atoms with Gasteiger partial charge in [-0.15, -0.1) is 0 Å². The Balaban J connectivity index is 2.84. The van der Waals surface area contributed by atoms with E-state index in [-0.39, 0.29) is 6.42 Å². The minimum atomic E-state index is -1.34. The molecule has 1 aromatic rings. The lowest BCUT2D eigenvalue weighted by atomic mass is 10.1. The van der Waals surface area contributed by atoms with Gasteiger partial charge in [-0.05, 0) is 18.2 Å². The summed E-state index contributed by atoms with van der Waals surface area (Å²) in [4.78, 5) is 21.3. The Bertz CT molecular complexity index is 511. The molecule has 0 aromatic heterocycles. The molecule has 0 aliphatic heterocycles. The third kappa shape index (κ3) is 3.61. The van der Waals surface area contributed by atoms with Gasteiger partial charge in [-0.3, -0.25) is 4.79 Å². The number of esters is 1. The van der Waals surface area contributed by atoms with E-state index in [0.717, 1.165) is 12.1 Å². The van der Waals surface area contributed by atoms with Crippen molar-refractivity contribution in [1.82, 2.24) is 0 Å². The Morgan fingerprint density at radius 2 is 2.18 bits per heavy atom. The van der Waals surface area contributed by atoms with Gasteiger partial charge in [0.25, 0.3) is 0 Å². The molecule has 0 atom stereocenters. The van der Waals surface area contributed by atoms with Crippen molar-refractivity contribution in [3.63, 3.8) is 0 Å². The Hall–Kier alpha value is -2.35. The fraction of sp³-hybridized carbons (Fsp3) is 0.167. The maximum atomic E-state index is 13.2. The summed E-state index contributed by atoms with van der Waals surface area (Å²) in [5.74, 6) is 2.34. The minimum absolute atomic E-state index is 0.0984. The molecule has 0 aliphatic rings. The lowest BCUT2D eigenvalue weighted by Crippen LogP contribution is -2.00. The molecule has 0 unspecified atom stereocenters. The van der Waals surface area contributed by atoms with Crippen molar-refractivity contribution in [3.05, 3.63) is 35.1 Å². The summed E-state index contributed by atoms with van der Waals surface area (Å²) in [6, 6.07) is 3.50. The first-order valence-corrected chi connectivity index (χ1v) is 4.63. The lowest BCUT2D eigenvalue weighted by molar-refractivity contribution is -0.139. The molecule has 4 nitrogen and oxygen atoms in total. The number of benzene rings is 1. The predicted molar refractivity (Wildman–Crippen MR) is 56.9 cm³/mol. The first-order chi connectivity index (χ1) is 8.04. The van der Waals surface area contributed by atoms with Crippen LogP contribution in [0.3, 0.4) is 0 Å². The molecule has 0 fully saturated rings. The molecule has 0 spiro atoms. The maximum absolute atomic E-state index is 13.2. The molecule has 1 N–H and O–H groups in total. The highest BCUT2D eigenvalue weighted by atomic mass is 19.1. The first kappa shape index (κ1) is 12.7. The highest BCUT2D eigenvalue weighted by molar-refractivity contribution is 5.88. The average Bonchev–Trinajstić information content (AvgIpc) is 2.28. The van der Waals surface area contributed by atoms with Crippen LogP contribution in [0.5, 0.6) is 0 Å². The summed E-state index contributed by atoms with van der Waals surface area (Å²) in [6.07, 6.45) is -0.0984. The van der Waals surface area contributed by atoms with Crippen LogP contribution in [0.4, 0.5) is 4.39 Å². The molecule has 0 radical (unpaired) electrons. The van der Waals surface area contributed by atoms with Gasteiger partial charge in [0.15, 0.2) is 0 Å². The Labute approximate surface area is 97.0 Å². The van der Waals surface area contributed by atoms with Gasteiger partial charge in [0.2, 0.25) is 0 Å². The fourth-order valence-electron chi connectivity index (χ4n) is 1.06. The normalized spacial score (nSPS) is 9.06. The van der Waals surface area contributed by atoms with E-state index >= 15 is 0 Å². The molecule has 0 bridgehead atoms. The Morgan fingerprint density at radius 1 is 1.47 bits per heavy atom. The van der Waals surface area contributed by atoms with Gasteiger partial charge in [-0.25, -0.2) is 9.18 Å². The van der Waals surface area contributed by atoms with E-state index in [0.29, 0.717) is 5.56 Å². The number of aromatic carboxylic acids is 1. The molecule has 0 aliphatic carbocycles. The zero-order chi connectivity index (χ0) is 12.8. The highest BCUT2D eigenvalue weighted by Gasteiger charge is 2.09. The summed E-state index contributed by atoms with van der Waals surface area (Å²) in [6.45, 7) is 0. The molecule has 1 aromatic carbocycles. The lowest BCUT2D eigenvalue weighted by Gasteiger charge is -1.97. The summed E-state index contributed by atoms with van der Waals surface area (Å²) in [7, 11) is 1.24. The average molecular weight is 236 g/mol. The number of carboxylic acid groups (broad SMARTS) is 1. The van der Waals surface area contributed by atoms with E-state index in [1.807, 2.05) is 0 Å². The number of halogens is 1. The summed E-state index contributed by atoms with van der Waals surface area (Å²) < 4.78 is 17.6. The predicted octanol–water partition coefficient (Wildman–Crippen LogP) is 1.44.